The van der Waals surface area contributed by atoms with E-state index in [0.29, 0.717) is 11.8 Å². The average Bonchev–Trinajstić information content (AvgIpc) is 2.38. The summed E-state index contributed by atoms with van der Waals surface area (Å²) in [5, 5.41) is 0. The summed E-state index contributed by atoms with van der Waals surface area (Å²) >= 11 is 7.68. The van der Waals surface area contributed by atoms with Gasteiger partial charge in [-0.15, -0.1) is 23.4 Å². The molecular weight excluding hydrogens is 264 g/mol. The van der Waals surface area contributed by atoms with Crippen LogP contribution in [0.15, 0.2) is 23.1 Å². The summed E-state index contributed by atoms with van der Waals surface area (Å²) in [6.45, 7) is 7.25. The van der Waals surface area contributed by atoms with Crippen LogP contribution < -0.4 is 4.74 Å². The van der Waals surface area contributed by atoms with Crippen molar-refractivity contribution >= 4 is 23.4 Å². The van der Waals surface area contributed by atoms with Gasteiger partial charge in [0.25, 0.3) is 0 Å². The summed E-state index contributed by atoms with van der Waals surface area (Å²) in [6.07, 6.45) is 2.21. The molecule has 1 nitrogen and oxygen atoms in total. The van der Waals surface area contributed by atoms with Gasteiger partial charge in [-0.25, -0.2) is 0 Å². The first kappa shape index (κ1) is 15.7. The van der Waals surface area contributed by atoms with Crippen LogP contribution in [0.1, 0.15) is 32.3 Å². The molecule has 0 aliphatic rings. The van der Waals surface area contributed by atoms with Crippen molar-refractivity contribution in [2.75, 3.05) is 18.2 Å². The van der Waals surface area contributed by atoms with Crippen molar-refractivity contribution in [3.8, 4) is 5.75 Å². The molecule has 18 heavy (non-hydrogen) atoms. The van der Waals surface area contributed by atoms with E-state index in [1.807, 2.05) is 11.8 Å². The first-order valence-electron chi connectivity index (χ1n) is 6.59. The Balaban J connectivity index is 2.50. The second kappa shape index (κ2) is 8.71. The number of halogens is 1. The van der Waals surface area contributed by atoms with Crippen molar-refractivity contribution in [2.45, 2.75) is 38.5 Å². The topological polar surface area (TPSA) is 9.23 Å². The molecule has 0 radical (unpaired) electrons. The van der Waals surface area contributed by atoms with Gasteiger partial charge in [0.05, 0.1) is 6.61 Å². The number of thioether (sulfide) groups is 1. The monoisotopic (exact) mass is 286 g/mol. The lowest BCUT2D eigenvalue weighted by Crippen LogP contribution is -2.05. The third-order valence-electron chi connectivity index (χ3n) is 2.76. The van der Waals surface area contributed by atoms with Gasteiger partial charge >= 0.3 is 0 Å². The fourth-order valence-corrected chi connectivity index (χ4v) is 2.57. The van der Waals surface area contributed by atoms with Crippen molar-refractivity contribution in [1.29, 1.82) is 0 Å². The maximum absolute atomic E-state index is 5.78. The maximum Gasteiger partial charge on any atom is 0.120 e. The second-order valence-corrected chi connectivity index (χ2v) is 6.12. The molecule has 0 N–H and O–H groups in total. The standard InChI is InChI=1S/C15H23ClOS/c1-4-9-18-15-10-14(6-5-13(15)3)17-8-7-12(2)11-16/h5-6,10,12H,4,7-9,11H2,1-3H3. The summed E-state index contributed by atoms with van der Waals surface area (Å²) in [7, 11) is 0. The molecular formula is C15H23ClOS. The van der Waals surface area contributed by atoms with Crippen LogP contribution in [0.5, 0.6) is 5.75 Å². The van der Waals surface area contributed by atoms with Gasteiger partial charge in [0.2, 0.25) is 0 Å². The third-order valence-corrected chi connectivity index (χ3v) is 4.65. The zero-order valence-corrected chi connectivity index (χ0v) is 13.1. The molecule has 0 amide bonds. The van der Waals surface area contributed by atoms with Crippen molar-refractivity contribution in [2.24, 2.45) is 5.92 Å². The van der Waals surface area contributed by atoms with Crippen LogP contribution in [0.2, 0.25) is 0 Å². The number of hydrogen-bond acceptors (Lipinski definition) is 2. The molecule has 1 aromatic rings. The zero-order chi connectivity index (χ0) is 13.4. The summed E-state index contributed by atoms with van der Waals surface area (Å²) in [4.78, 5) is 1.33. The van der Waals surface area contributed by atoms with Crippen LogP contribution in [0.4, 0.5) is 0 Å². The van der Waals surface area contributed by atoms with Crippen molar-refractivity contribution in [1.82, 2.24) is 0 Å². The Bertz CT molecular complexity index is 354. The Hall–Kier alpha value is -0.340. The summed E-state index contributed by atoms with van der Waals surface area (Å²) in [6, 6.07) is 6.34. The molecule has 1 atom stereocenters. The second-order valence-electron chi connectivity index (χ2n) is 4.67. The minimum Gasteiger partial charge on any atom is -0.494 e. The molecule has 0 heterocycles. The molecule has 0 saturated carbocycles. The molecule has 0 spiro atoms. The highest BCUT2D eigenvalue weighted by Crippen LogP contribution is 2.27. The highest BCUT2D eigenvalue weighted by Gasteiger charge is 2.04. The molecule has 3 heteroatoms. The normalized spacial score (nSPS) is 12.4. The van der Waals surface area contributed by atoms with Crippen LogP contribution in [0.25, 0.3) is 0 Å². The Morgan fingerprint density at radius 3 is 2.83 bits per heavy atom. The lowest BCUT2D eigenvalue weighted by atomic mass is 10.1. The average molecular weight is 287 g/mol. The largest absolute Gasteiger partial charge is 0.494 e. The first-order chi connectivity index (χ1) is 8.67. The van der Waals surface area contributed by atoms with Gasteiger partial charge in [-0.05, 0) is 49.1 Å². The zero-order valence-electron chi connectivity index (χ0n) is 11.5. The number of rotatable bonds is 8. The van der Waals surface area contributed by atoms with Crippen LogP contribution >= 0.6 is 23.4 Å². The molecule has 0 fully saturated rings. The Morgan fingerprint density at radius 1 is 1.39 bits per heavy atom. The number of ether oxygens (including phenoxy) is 1. The van der Waals surface area contributed by atoms with Crippen LogP contribution in [-0.4, -0.2) is 18.2 Å². The third kappa shape index (κ3) is 5.53. The van der Waals surface area contributed by atoms with Gasteiger partial charge in [0.1, 0.15) is 5.75 Å². The van der Waals surface area contributed by atoms with Crippen LogP contribution in [-0.2, 0) is 0 Å². The summed E-state index contributed by atoms with van der Waals surface area (Å²) < 4.78 is 5.78. The van der Waals surface area contributed by atoms with E-state index in [9.17, 15) is 0 Å². The van der Waals surface area contributed by atoms with E-state index in [1.165, 1.54) is 16.9 Å². The number of aryl methyl sites for hydroxylation is 1. The van der Waals surface area contributed by atoms with Crippen LogP contribution in [0, 0.1) is 12.8 Å². The van der Waals surface area contributed by atoms with Gasteiger partial charge < -0.3 is 4.74 Å². The molecule has 1 rings (SSSR count). The van der Waals surface area contributed by atoms with Gasteiger partial charge in [-0.1, -0.05) is 19.9 Å². The molecule has 1 aromatic carbocycles. The summed E-state index contributed by atoms with van der Waals surface area (Å²) in [5.41, 5.74) is 1.33. The number of hydrogen-bond donors (Lipinski definition) is 0. The molecule has 102 valence electrons. The molecule has 1 unspecified atom stereocenters. The smallest absolute Gasteiger partial charge is 0.120 e. The highest BCUT2D eigenvalue weighted by molar-refractivity contribution is 7.99. The quantitative estimate of drug-likeness (QED) is 0.483. The number of alkyl halides is 1. The molecule has 0 aliphatic carbocycles. The molecule has 0 aromatic heterocycles. The van der Waals surface area contributed by atoms with E-state index in [2.05, 4.69) is 39.0 Å². The highest BCUT2D eigenvalue weighted by atomic mass is 35.5. The van der Waals surface area contributed by atoms with E-state index in [1.54, 1.807) is 0 Å². The maximum atomic E-state index is 5.78. The van der Waals surface area contributed by atoms with E-state index in [-0.39, 0.29) is 0 Å². The fraction of sp³-hybridized carbons (Fsp3) is 0.600. The summed E-state index contributed by atoms with van der Waals surface area (Å²) in [5.74, 6) is 3.36. The predicted octanol–water partition coefficient (Wildman–Crippen LogP) is 5.14. The lowest BCUT2D eigenvalue weighted by molar-refractivity contribution is 0.289. The minimum absolute atomic E-state index is 0.519. The van der Waals surface area contributed by atoms with E-state index in [0.717, 1.165) is 24.5 Å². The van der Waals surface area contributed by atoms with E-state index < -0.39 is 0 Å². The Morgan fingerprint density at radius 2 is 2.17 bits per heavy atom. The fourth-order valence-electron chi connectivity index (χ4n) is 1.49. The van der Waals surface area contributed by atoms with Gasteiger partial charge in [0, 0.05) is 10.8 Å². The SMILES string of the molecule is CCCSc1cc(OCCC(C)CCl)ccc1C. The minimum atomic E-state index is 0.519. The van der Waals surface area contributed by atoms with Gasteiger partial charge in [-0.3, -0.25) is 0 Å². The number of benzene rings is 1. The predicted molar refractivity (Wildman–Crippen MR) is 82.2 cm³/mol. The van der Waals surface area contributed by atoms with Crippen LogP contribution in [0.3, 0.4) is 0 Å². The Labute approximate surface area is 120 Å². The van der Waals surface area contributed by atoms with Gasteiger partial charge in [0.15, 0.2) is 0 Å². The molecule has 0 saturated heterocycles. The van der Waals surface area contributed by atoms with Crippen molar-refractivity contribution in [3.63, 3.8) is 0 Å². The van der Waals surface area contributed by atoms with Crippen molar-refractivity contribution < 1.29 is 4.74 Å². The Kier molecular flexibility index (Phi) is 7.60. The lowest BCUT2D eigenvalue weighted by Gasteiger charge is -2.11. The van der Waals surface area contributed by atoms with Crippen molar-refractivity contribution in [3.05, 3.63) is 23.8 Å². The van der Waals surface area contributed by atoms with Gasteiger partial charge in [-0.2, -0.15) is 0 Å². The molecule has 0 bridgehead atoms. The van der Waals surface area contributed by atoms with E-state index in [4.69, 9.17) is 16.3 Å². The molecule has 0 aliphatic heterocycles. The first-order valence-corrected chi connectivity index (χ1v) is 8.11. The van der Waals surface area contributed by atoms with E-state index >= 15 is 0 Å².